The number of aliphatic hydroxyl groups excluding tert-OH is 1. The van der Waals surface area contributed by atoms with Crippen LogP contribution in [0, 0.1) is 19.7 Å². The van der Waals surface area contributed by atoms with Crippen LogP contribution in [0.5, 0.6) is 5.75 Å². The predicted molar refractivity (Wildman–Crippen MR) is 99.5 cm³/mol. The van der Waals surface area contributed by atoms with E-state index >= 15 is 0 Å². The van der Waals surface area contributed by atoms with Gasteiger partial charge in [-0.2, -0.15) is 0 Å². The molecule has 0 radical (unpaired) electrons. The molecule has 0 aliphatic heterocycles. The van der Waals surface area contributed by atoms with Crippen molar-refractivity contribution < 1.29 is 14.2 Å². The van der Waals surface area contributed by atoms with Crippen LogP contribution in [0.15, 0.2) is 53.7 Å². The maximum absolute atomic E-state index is 12.9. The second-order valence-corrected chi connectivity index (χ2v) is 6.92. The van der Waals surface area contributed by atoms with E-state index in [1.807, 2.05) is 42.7 Å². The third-order valence-corrected chi connectivity index (χ3v) is 4.82. The summed E-state index contributed by atoms with van der Waals surface area (Å²) >= 11 is 1.41. The van der Waals surface area contributed by atoms with Gasteiger partial charge in [0.05, 0.1) is 6.10 Å². The minimum Gasteiger partial charge on any atom is -0.491 e. The van der Waals surface area contributed by atoms with Gasteiger partial charge < -0.3 is 9.84 Å². The number of aliphatic hydroxyl groups is 1. The second-order valence-electron chi connectivity index (χ2n) is 5.93. The van der Waals surface area contributed by atoms with Crippen molar-refractivity contribution in [3.8, 4) is 11.4 Å². The summed E-state index contributed by atoms with van der Waals surface area (Å²) in [7, 11) is 0. The number of aromatic nitrogens is 3. The molecule has 0 bridgehead atoms. The van der Waals surface area contributed by atoms with Gasteiger partial charge in [-0.15, -0.1) is 10.2 Å². The molecule has 26 heavy (non-hydrogen) atoms. The molecule has 3 rings (SSSR count). The van der Waals surface area contributed by atoms with Crippen LogP contribution in [0.25, 0.3) is 5.69 Å². The van der Waals surface area contributed by atoms with Crippen LogP contribution >= 0.6 is 11.8 Å². The molecule has 7 heteroatoms. The molecule has 0 spiro atoms. The Labute approximate surface area is 155 Å². The number of ether oxygens (including phenoxy) is 1. The highest BCUT2D eigenvalue weighted by Gasteiger charge is 2.14. The Morgan fingerprint density at radius 2 is 1.77 bits per heavy atom. The highest BCUT2D eigenvalue weighted by atomic mass is 32.2. The van der Waals surface area contributed by atoms with Gasteiger partial charge in [0.2, 0.25) is 0 Å². The lowest BCUT2D eigenvalue weighted by Crippen LogP contribution is -2.20. The van der Waals surface area contributed by atoms with E-state index in [9.17, 15) is 9.50 Å². The average Bonchev–Trinajstić information content (AvgIpc) is 3.01. The zero-order valence-electron chi connectivity index (χ0n) is 14.6. The molecule has 1 atom stereocenters. The van der Waals surface area contributed by atoms with E-state index in [2.05, 4.69) is 10.2 Å². The van der Waals surface area contributed by atoms with Crippen LogP contribution in [0.1, 0.15) is 11.4 Å². The summed E-state index contributed by atoms with van der Waals surface area (Å²) in [6.07, 6.45) is -0.687. The summed E-state index contributed by atoms with van der Waals surface area (Å²) in [5.41, 5.74) is 2.17. The zero-order chi connectivity index (χ0) is 18.5. The molecular formula is C19H20FN3O2S. The van der Waals surface area contributed by atoms with Gasteiger partial charge in [-0.05, 0) is 50.2 Å². The number of hydrogen-bond acceptors (Lipinski definition) is 5. The Hall–Kier alpha value is -2.38. The smallest absolute Gasteiger partial charge is 0.195 e. The normalized spacial score (nSPS) is 12.2. The van der Waals surface area contributed by atoms with Crippen LogP contribution in [-0.2, 0) is 0 Å². The molecule has 5 nitrogen and oxygen atoms in total. The van der Waals surface area contributed by atoms with Gasteiger partial charge in [0.15, 0.2) is 5.16 Å². The highest BCUT2D eigenvalue weighted by Crippen LogP contribution is 2.23. The van der Waals surface area contributed by atoms with Gasteiger partial charge in [0, 0.05) is 11.4 Å². The first-order chi connectivity index (χ1) is 12.5. The molecule has 2 aromatic carbocycles. The van der Waals surface area contributed by atoms with Crippen LogP contribution in [0.4, 0.5) is 4.39 Å². The molecule has 0 fully saturated rings. The van der Waals surface area contributed by atoms with E-state index in [-0.39, 0.29) is 12.4 Å². The van der Waals surface area contributed by atoms with Gasteiger partial charge in [0.1, 0.15) is 24.0 Å². The Balaban J connectivity index is 1.59. The lowest BCUT2D eigenvalue weighted by atomic mass is 10.2. The molecule has 0 saturated carbocycles. The van der Waals surface area contributed by atoms with Gasteiger partial charge in [0.25, 0.3) is 0 Å². The van der Waals surface area contributed by atoms with E-state index in [0.29, 0.717) is 16.7 Å². The molecule has 0 saturated heterocycles. The fourth-order valence-corrected chi connectivity index (χ4v) is 3.27. The SMILES string of the molecule is Cc1ccc(-n2c(C)nnc2SCC(O)COc2ccc(F)cc2)cc1. The van der Waals surface area contributed by atoms with Crippen molar-refractivity contribution in [3.63, 3.8) is 0 Å². The van der Waals surface area contributed by atoms with Crippen LogP contribution in [-0.4, -0.2) is 38.3 Å². The topological polar surface area (TPSA) is 60.2 Å². The molecule has 1 heterocycles. The van der Waals surface area contributed by atoms with Gasteiger partial charge >= 0.3 is 0 Å². The van der Waals surface area contributed by atoms with Crippen LogP contribution in [0.3, 0.4) is 0 Å². The summed E-state index contributed by atoms with van der Waals surface area (Å²) in [5.74, 6) is 1.40. The zero-order valence-corrected chi connectivity index (χ0v) is 15.4. The minimum atomic E-state index is -0.687. The molecule has 0 aliphatic rings. The van der Waals surface area contributed by atoms with Crippen molar-refractivity contribution in [1.82, 2.24) is 14.8 Å². The largest absolute Gasteiger partial charge is 0.491 e. The standard InChI is InChI=1S/C19H20FN3O2S/c1-13-3-7-16(8-4-13)23-14(2)21-22-19(23)26-12-17(24)11-25-18-9-5-15(20)6-10-18/h3-10,17,24H,11-12H2,1-2H3. The molecule has 3 aromatic rings. The lowest BCUT2D eigenvalue weighted by Gasteiger charge is -2.13. The van der Waals surface area contributed by atoms with E-state index in [1.54, 1.807) is 0 Å². The van der Waals surface area contributed by atoms with Crippen molar-refractivity contribution >= 4 is 11.8 Å². The highest BCUT2D eigenvalue weighted by molar-refractivity contribution is 7.99. The minimum absolute atomic E-state index is 0.121. The van der Waals surface area contributed by atoms with Crippen molar-refractivity contribution in [1.29, 1.82) is 0 Å². The van der Waals surface area contributed by atoms with Crippen LogP contribution < -0.4 is 4.74 Å². The monoisotopic (exact) mass is 373 g/mol. The first kappa shape index (κ1) is 18.4. The summed E-state index contributed by atoms with van der Waals surface area (Å²) in [6.45, 7) is 4.05. The third kappa shape index (κ3) is 4.62. The molecular weight excluding hydrogens is 353 g/mol. The molecule has 0 aliphatic carbocycles. The fourth-order valence-electron chi connectivity index (χ4n) is 2.37. The summed E-state index contributed by atoms with van der Waals surface area (Å²) in [5, 5.41) is 19.2. The average molecular weight is 373 g/mol. The number of nitrogens with zero attached hydrogens (tertiary/aromatic N) is 3. The summed E-state index contributed by atoms with van der Waals surface area (Å²) in [4.78, 5) is 0. The molecule has 136 valence electrons. The van der Waals surface area contributed by atoms with E-state index in [1.165, 1.54) is 41.6 Å². The molecule has 1 N–H and O–H groups in total. The number of thioether (sulfide) groups is 1. The maximum Gasteiger partial charge on any atom is 0.195 e. The van der Waals surface area contributed by atoms with E-state index < -0.39 is 6.10 Å². The maximum atomic E-state index is 12.9. The van der Waals surface area contributed by atoms with Crippen molar-refractivity contribution in [2.24, 2.45) is 0 Å². The van der Waals surface area contributed by atoms with Gasteiger partial charge in [-0.3, -0.25) is 4.57 Å². The Kier molecular flexibility index (Phi) is 5.90. The van der Waals surface area contributed by atoms with Crippen LogP contribution in [0.2, 0.25) is 0 Å². The molecule has 1 unspecified atom stereocenters. The second kappa shape index (κ2) is 8.33. The number of halogens is 1. The Morgan fingerprint density at radius 3 is 2.46 bits per heavy atom. The Bertz CT molecular complexity index is 850. The molecule has 0 amide bonds. The van der Waals surface area contributed by atoms with E-state index in [4.69, 9.17) is 4.74 Å². The number of benzene rings is 2. The van der Waals surface area contributed by atoms with Crippen molar-refractivity contribution in [2.75, 3.05) is 12.4 Å². The lowest BCUT2D eigenvalue weighted by molar-refractivity contribution is 0.126. The quantitative estimate of drug-likeness (QED) is 0.642. The summed E-state index contributed by atoms with van der Waals surface area (Å²) < 4.78 is 20.3. The van der Waals surface area contributed by atoms with Gasteiger partial charge in [-0.1, -0.05) is 29.5 Å². The van der Waals surface area contributed by atoms with Crippen molar-refractivity contribution in [2.45, 2.75) is 25.1 Å². The Morgan fingerprint density at radius 1 is 1.08 bits per heavy atom. The van der Waals surface area contributed by atoms with Crippen molar-refractivity contribution in [3.05, 3.63) is 65.7 Å². The number of hydrogen-bond donors (Lipinski definition) is 1. The first-order valence-electron chi connectivity index (χ1n) is 8.21. The van der Waals surface area contributed by atoms with Gasteiger partial charge in [-0.25, -0.2) is 4.39 Å². The third-order valence-electron chi connectivity index (χ3n) is 3.75. The number of aryl methyl sites for hydroxylation is 2. The predicted octanol–water partition coefficient (Wildman–Crippen LogP) is 3.56. The summed E-state index contributed by atoms with van der Waals surface area (Å²) in [6, 6.07) is 13.8. The fraction of sp³-hybridized carbons (Fsp3) is 0.263. The first-order valence-corrected chi connectivity index (χ1v) is 9.20. The number of rotatable bonds is 7. The van der Waals surface area contributed by atoms with E-state index in [0.717, 1.165) is 11.5 Å². The molecule has 1 aromatic heterocycles.